The highest BCUT2D eigenvalue weighted by Crippen LogP contribution is 2.29. The molecule has 0 saturated carbocycles. The molecule has 0 unspecified atom stereocenters. The van der Waals surface area contributed by atoms with Gasteiger partial charge in [-0.2, -0.15) is 0 Å². The van der Waals surface area contributed by atoms with E-state index in [1.165, 1.54) is 27.2 Å². The second-order valence-electron chi connectivity index (χ2n) is 4.10. The van der Waals surface area contributed by atoms with Crippen LogP contribution in [0.25, 0.3) is 10.8 Å². The molecular weight excluding hydrogens is 274 g/mol. The lowest BCUT2D eigenvalue weighted by Gasteiger charge is -2.03. The molecule has 3 rings (SSSR count). The van der Waals surface area contributed by atoms with Crippen LogP contribution in [0.1, 0.15) is 5.69 Å². The van der Waals surface area contributed by atoms with Crippen molar-refractivity contribution in [3.8, 4) is 0 Å². The van der Waals surface area contributed by atoms with E-state index in [1.54, 1.807) is 11.8 Å². The number of benzene rings is 2. The second-order valence-corrected chi connectivity index (χ2v) is 5.90. The minimum atomic E-state index is 0.838. The van der Waals surface area contributed by atoms with Gasteiger partial charge in [-0.1, -0.05) is 34.8 Å². The molecule has 96 valence electrons. The predicted molar refractivity (Wildman–Crippen MR) is 83.0 cm³/mol. The number of rotatable bonds is 4. The van der Waals surface area contributed by atoms with Gasteiger partial charge in [0.05, 0.1) is 0 Å². The molecule has 2 aromatic carbocycles. The smallest absolute Gasteiger partial charge is 0.133 e. The fourth-order valence-corrected chi connectivity index (χ4v) is 3.40. The van der Waals surface area contributed by atoms with Crippen molar-refractivity contribution in [2.45, 2.75) is 10.6 Å². The van der Waals surface area contributed by atoms with Crippen molar-refractivity contribution < 1.29 is 0 Å². The maximum Gasteiger partial charge on any atom is 0.133 e. The molecule has 5 heteroatoms. The third-order valence-electron chi connectivity index (χ3n) is 2.88. The number of nitrogens with one attached hydrogen (secondary N) is 1. The number of hydrogen-bond donors (Lipinski definition) is 1. The Morgan fingerprint density at radius 3 is 2.84 bits per heavy atom. The molecule has 0 aliphatic rings. The average molecular weight is 287 g/mol. The SMILES string of the molecule is CNc1snnc1CSc1ccc2ccccc2c1. The van der Waals surface area contributed by atoms with Gasteiger partial charge in [-0.3, -0.25) is 0 Å². The molecule has 0 aliphatic heterocycles. The van der Waals surface area contributed by atoms with Gasteiger partial charge in [0.15, 0.2) is 0 Å². The summed E-state index contributed by atoms with van der Waals surface area (Å²) in [4.78, 5) is 1.26. The first-order valence-electron chi connectivity index (χ1n) is 5.97. The van der Waals surface area contributed by atoms with Crippen molar-refractivity contribution in [3.63, 3.8) is 0 Å². The molecule has 0 amide bonds. The van der Waals surface area contributed by atoms with Crippen LogP contribution >= 0.6 is 23.3 Å². The minimum Gasteiger partial charge on any atom is -0.377 e. The van der Waals surface area contributed by atoms with E-state index < -0.39 is 0 Å². The summed E-state index contributed by atoms with van der Waals surface area (Å²) in [6, 6.07) is 15.0. The van der Waals surface area contributed by atoms with E-state index in [2.05, 4.69) is 57.4 Å². The molecule has 1 aromatic heterocycles. The quantitative estimate of drug-likeness (QED) is 0.735. The first kappa shape index (κ1) is 12.4. The van der Waals surface area contributed by atoms with Gasteiger partial charge >= 0.3 is 0 Å². The number of anilines is 1. The lowest BCUT2D eigenvalue weighted by molar-refractivity contribution is 1.07. The van der Waals surface area contributed by atoms with Gasteiger partial charge in [0.2, 0.25) is 0 Å². The van der Waals surface area contributed by atoms with Crippen molar-refractivity contribution in [2.75, 3.05) is 12.4 Å². The monoisotopic (exact) mass is 287 g/mol. The van der Waals surface area contributed by atoms with Crippen molar-refractivity contribution in [1.29, 1.82) is 0 Å². The minimum absolute atomic E-state index is 0.838. The number of fused-ring (bicyclic) bond motifs is 1. The Balaban J connectivity index is 1.78. The number of thioether (sulfide) groups is 1. The topological polar surface area (TPSA) is 37.8 Å². The van der Waals surface area contributed by atoms with Gasteiger partial charge in [0.1, 0.15) is 10.7 Å². The summed E-state index contributed by atoms with van der Waals surface area (Å²) in [5.41, 5.74) is 1.02. The van der Waals surface area contributed by atoms with Crippen LogP contribution in [0.3, 0.4) is 0 Å². The lowest BCUT2D eigenvalue weighted by atomic mass is 10.1. The standard InChI is InChI=1S/C14H13N3S2/c1-15-14-13(16-17-19-14)9-18-12-7-6-10-4-2-3-5-11(10)8-12/h2-8,15H,9H2,1H3. The zero-order valence-electron chi connectivity index (χ0n) is 10.5. The van der Waals surface area contributed by atoms with Gasteiger partial charge < -0.3 is 5.32 Å². The highest BCUT2D eigenvalue weighted by Gasteiger charge is 2.06. The molecule has 3 nitrogen and oxygen atoms in total. The van der Waals surface area contributed by atoms with E-state index in [9.17, 15) is 0 Å². The molecule has 3 aromatic rings. The van der Waals surface area contributed by atoms with E-state index in [-0.39, 0.29) is 0 Å². The molecule has 0 spiro atoms. The lowest BCUT2D eigenvalue weighted by Crippen LogP contribution is -1.90. The zero-order chi connectivity index (χ0) is 13.1. The van der Waals surface area contributed by atoms with Crippen molar-refractivity contribution in [2.24, 2.45) is 0 Å². The van der Waals surface area contributed by atoms with Crippen LogP contribution in [0.4, 0.5) is 5.00 Å². The van der Waals surface area contributed by atoms with Gasteiger partial charge in [-0.25, -0.2) is 0 Å². The summed E-state index contributed by atoms with van der Waals surface area (Å²) in [6.45, 7) is 0. The fraction of sp³-hybridized carbons (Fsp3) is 0.143. The molecule has 0 atom stereocenters. The number of hydrogen-bond acceptors (Lipinski definition) is 5. The predicted octanol–water partition coefficient (Wildman–Crippen LogP) is 4.03. The average Bonchev–Trinajstić information content (AvgIpc) is 2.92. The largest absolute Gasteiger partial charge is 0.377 e. The third kappa shape index (κ3) is 2.72. The molecule has 0 fully saturated rings. The molecule has 1 heterocycles. The van der Waals surface area contributed by atoms with Gasteiger partial charge in [-0.15, -0.1) is 16.9 Å². The van der Waals surface area contributed by atoms with Gasteiger partial charge in [0.25, 0.3) is 0 Å². The van der Waals surface area contributed by atoms with Crippen molar-refractivity contribution >= 4 is 39.1 Å². The Hall–Kier alpha value is -1.59. The van der Waals surface area contributed by atoms with E-state index >= 15 is 0 Å². The molecular formula is C14H13N3S2. The fourth-order valence-electron chi connectivity index (χ4n) is 1.90. The highest BCUT2D eigenvalue weighted by molar-refractivity contribution is 7.98. The summed E-state index contributed by atoms with van der Waals surface area (Å²) in [5, 5.41) is 10.9. The van der Waals surface area contributed by atoms with Crippen LogP contribution in [0.15, 0.2) is 47.4 Å². The van der Waals surface area contributed by atoms with Crippen LogP contribution in [0, 0.1) is 0 Å². The summed E-state index contributed by atoms with van der Waals surface area (Å²) in [5.74, 6) is 0.838. The van der Waals surface area contributed by atoms with Crippen LogP contribution in [-0.2, 0) is 5.75 Å². The first-order valence-corrected chi connectivity index (χ1v) is 7.73. The maximum atomic E-state index is 4.15. The maximum absolute atomic E-state index is 4.15. The van der Waals surface area contributed by atoms with Gasteiger partial charge in [-0.05, 0) is 22.9 Å². The Morgan fingerprint density at radius 1 is 1.16 bits per heavy atom. The van der Waals surface area contributed by atoms with E-state index in [1.807, 2.05) is 7.05 Å². The molecule has 0 bridgehead atoms. The van der Waals surface area contributed by atoms with Gasteiger partial charge in [0, 0.05) is 29.2 Å². The molecule has 1 N–H and O–H groups in total. The Kier molecular flexibility index (Phi) is 3.66. The molecule has 19 heavy (non-hydrogen) atoms. The Morgan fingerprint density at radius 2 is 2.00 bits per heavy atom. The van der Waals surface area contributed by atoms with Crippen LogP contribution < -0.4 is 5.32 Å². The van der Waals surface area contributed by atoms with Crippen LogP contribution in [-0.4, -0.2) is 16.6 Å². The third-order valence-corrected chi connectivity index (χ3v) is 4.67. The summed E-state index contributed by atoms with van der Waals surface area (Å²) >= 11 is 3.19. The first-order chi connectivity index (χ1) is 9.36. The normalized spacial score (nSPS) is 10.8. The van der Waals surface area contributed by atoms with E-state index in [0.29, 0.717) is 0 Å². The van der Waals surface area contributed by atoms with E-state index in [4.69, 9.17) is 0 Å². The molecule has 0 aliphatic carbocycles. The van der Waals surface area contributed by atoms with Crippen LogP contribution in [0.5, 0.6) is 0 Å². The van der Waals surface area contributed by atoms with E-state index in [0.717, 1.165) is 16.4 Å². The van der Waals surface area contributed by atoms with Crippen molar-refractivity contribution in [1.82, 2.24) is 9.59 Å². The van der Waals surface area contributed by atoms with Crippen LogP contribution in [0.2, 0.25) is 0 Å². The highest BCUT2D eigenvalue weighted by atomic mass is 32.2. The van der Waals surface area contributed by atoms with Crippen molar-refractivity contribution in [3.05, 3.63) is 48.2 Å². The summed E-state index contributed by atoms with van der Waals surface area (Å²) < 4.78 is 3.97. The Labute approximate surface area is 120 Å². The number of nitrogens with zero attached hydrogens (tertiary/aromatic N) is 2. The summed E-state index contributed by atoms with van der Waals surface area (Å²) in [6.07, 6.45) is 0. The Bertz CT molecular complexity index is 694. The summed E-state index contributed by atoms with van der Waals surface area (Å²) in [7, 11) is 1.90. The number of aromatic nitrogens is 2. The second kappa shape index (κ2) is 5.59. The zero-order valence-corrected chi connectivity index (χ0v) is 12.1. The molecule has 0 radical (unpaired) electrons. The molecule has 0 saturated heterocycles.